The van der Waals surface area contributed by atoms with Gasteiger partial charge in [-0.05, 0) is 51.8 Å². The van der Waals surface area contributed by atoms with Gasteiger partial charge in [-0.3, -0.25) is 0 Å². The summed E-state index contributed by atoms with van der Waals surface area (Å²) in [6, 6.07) is 5.98. The molecule has 0 aliphatic heterocycles. The summed E-state index contributed by atoms with van der Waals surface area (Å²) in [6.45, 7) is 6.78. The summed E-state index contributed by atoms with van der Waals surface area (Å²) in [7, 11) is 0.0893. The van der Waals surface area contributed by atoms with Crippen molar-refractivity contribution in [2.75, 3.05) is 0 Å². The maximum absolute atomic E-state index is 12.6. The molecule has 0 aromatic heterocycles. The second-order valence-electron chi connectivity index (χ2n) is 5.62. The van der Waals surface area contributed by atoms with Crippen molar-refractivity contribution in [3.05, 3.63) is 35.4 Å². The summed E-state index contributed by atoms with van der Waals surface area (Å²) < 4.78 is 54.5. The normalized spacial score (nSPS) is 12.6. The first-order chi connectivity index (χ1) is 10.7. The lowest BCUT2D eigenvalue weighted by Crippen LogP contribution is -2.28. The Hall–Kier alpha value is -0.893. The summed E-state index contributed by atoms with van der Waals surface area (Å²) in [5, 5.41) is 0. The van der Waals surface area contributed by atoms with Crippen LogP contribution in [0.2, 0.25) is 6.04 Å². The zero-order chi connectivity index (χ0) is 17.5. The molecule has 7 heteroatoms. The third kappa shape index (κ3) is 8.50. The number of hydrogen-bond acceptors (Lipinski definition) is 3. The monoisotopic (exact) mass is 348 g/mol. The summed E-state index contributed by atoms with van der Waals surface area (Å²) in [5.74, 6) is 0. The Balaban J connectivity index is 2.43. The molecule has 1 aromatic carbocycles. The number of alkyl halides is 3. The van der Waals surface area contributed by atoms with Gasteiger partial charge in [-0.15, -0.1) is 0 Å². The van der Waals surface area contributed by atoms with Crippen molar-refractivity contribution in [3.63, 3.8) is 0 Å². The minimum Gasteiger partial charge on any atom is -0.372 e. The first-order valence-electron chi connectivity index (χ1n) is 7.54. The van der Waals surface area contributed by atoms with Crippen LogP contribution in [0, 0.1) is 0 Å². The summed E-state index contributed by atoms with van der Waals surface area (Å²) >= 11 is 0. The average molecular weight is 348 g/mol. The number of benzene rings is 1. The van der Waals surface area contributed by atoms with E-state index in [9.17, 15) is 13.2 Å². The van der Waals surface area contributed by atoms with E-state index in [1.807, 2.05) is 27.7 Å². The van der Waals surface area contributed by atoms with E-state index in [4.69, 9.17) is 13.9 Å². The lowest BCUT2D eigenvalue weighted by atomic mass is 10.1. The highest BCUT2D eigenvalue weighted by Gasteiger charge is 2.30. The van der Waals surface area contributed by atoms with Crippen molar-refractivity contribution >= 4 is 9.76 Å². The van der Waals surface area contributed by atoms with E-state index in [-0.39, 0.29) is 22.0 Å². The van der Waals surface area contributed by atoms with Gasteiger partial charge in [0.1, 0.15) is 0 Å². The number of ether oxygens (including phenoxy) is 2. The third-order valence-electron chi connectivity index (χ3n) is 2.72. The van der Waals surface area contributed by atoms with Crippen LogP contribution in [-0.4, -0.2) is 28.4 Å². The lowest BCUT2D eigenvalue weighted by Gasteiger charge is -2.22. The van der Waals surface area contributed by atoms with Gasteiger partial charge in [-0.2, -0.15) is 13.2 Å². The molecular weight excluding hydrogens is 325 g/mol. The van der Waals surface area contributed by atoms with Crippen molar-refractivity contribution in [2.24, 2.45) is 0 Å². The summed E-state index contributed by atoms with van der Waals surface area (Å²) in [6.07, 6.45) is -3.87. The molecule has 0 N–H and O–H groups in total. The molecule has 1 aromatic rings. The van der Waals surface area contributed by atoms with Crippen molar-refractivity contribution in [1.82, 2.24) is 0 Å². The van der Waals surface area contributed by atoms with Crippen molar-refractivity contribution in [2.45, 2.75) is 65.0 Å². The molecule has 0 aliphatic carbocycles. The van der Waals surface area contributed by atoms with Crippen molar-refractivity contribution in [3.8, 4) is 0 Å². The van der Waals surface area contributed by atoms with Gasteiger partial charge >= 0.3 is 6.18 Å². The van der Waals surface area contributed by atoms with Gasteiger partial charge in [0.05, 0.1) is 17.8 Å². The van der Waals surface area contributed by atoms with E-state index >= 15 is 0 Å². The zero-order valence-electron chi connectivity index (χ0n) is 13.8. The fraction of sp³-hybridized carbons (Fsp3) is 0.625. The number of hydrogen-bond donors (Lipinski definition) is 0. The standard InChI is InChI=1S/C16H23F3O3Si/c1-11(2)20-15(21-12(3)4)22-23-9-8-13-6-5-7-14(10-13)16(17,18)19/h5-7,10-12,15H,8-9H2,1-4H3. The molecule has 0 bridgehead atoms. The predicted molar refractivity (Wildman–Crippen MR) is 83.0 cm³/mol. The number of rotatable bonds is 9. The Morgan fingerprint density at radius 1 is 1.04 bits per heavy atom. The Kier molecular flexibility index (Phi) is 8.25. The topological polar surface area (TPSA) is 27.7 Å². The Morgan fingerprint density at radius 3 is 2.17 bits per heavy atom. The van der Waals surface area contributed by atoms with Gasteiger partial charge in [0.25, 0.3) is 6.48 Å². The molecule has 0 saturated carbocycles. The van der Waals surface area contributed by atoms with E-state index < -0.39 is 18.2 Å². The molecule has 0 saturated heterocycles. The summed E-state index contributed by atoms with van der Waals surface area (Å²) in [4.78, 5) is 0. The highest BCUT2D eigenvalue weighted by atomic mass is 28.2. The van der Waals surface area contributed by atoms with Crippen LogP contribution in [0.1, 0.15) is 38.8 Å². The van der Waals surface area contributed by atoms with Gasteiger partial charge < -0.3 is 13.9 Å². The van der Waals surface area contributed by atoms with Crippen molar-refractivity contribution < 1.29 is 27.1 Å². The van der Waals surface area contributed by atoms with E-state index in [1.165, 1.54) is 12.1 Å². The van der Waals surface area contributed by atoms with Crippen LogP contribution < -0.4 is 0 Å². The van der Waals surface area contributed by atoms with Crippen LogP contribution in [0.25, 0.3) is 0 Å². The van der Waals surface area contributed by atoms with Crippen LogP contribution in [0.4, 0.5) is 13.2 Å². The molecule has 0 atom stereocenters. The molecule has 23 heavy (non-hydrogen) atoms. The van der Waals surface area contributed by atoms with Gasteiger partial charge in [-0.25, -0.2) is 0 Å². The number of aryl methyl sites for hydroxylation is 1. The molecule has 0 amide bonds. The average Bonchev–Trinajstić information content (AvgIpc) is 2.41. The largest absolute Gasteiger partial charge is 0.416 e. The molecule has 130 valence electrons. The first-order valence-corrected chi connectivity index (χ1v) is 8.65. The van der Waals surface area contributed by atoms with Gasteiger partial charge in [0.15, 0.2) is 0 Å². The molecule has 0 aliphatic rings. The van der Waals surface area contributed by atoms with E-state index in [2.05, 4.69) is 0 Å². The molecule has 0 heterocycles. The third-order valence-corrected chi connectivity index (χ3v) is 3.53. The van der Waals surface area contributed by atoms with E-state index in [0.29, 0.717) is 18.0 Å². The zero-order valence-corrected chi connectivity index (χ0v) is 14.8. The quantitative estimate of drug-likeness (QED) is 0.375. The molecule has 2 radical (unpaired) electrons. The number of halogens is 3. The first kappa shape index (κ1) is 20.2. The van der Waals surface area contributed by atoms with Crippen LogP contribution in [0.15, 0.2) is 24.3 Å². The minimum absolute atomic E-state index is 0.0352. The molecule has 1 rings (SSSR count). The van der Waals surface area contributed by atoms with Crippen LogP contribution >= 0.6 is 0 Å². The van der Waals surface area contributed by atoms with E-state index in [0.717, 1.165) is 6.07 Å². The van der Waals surface area contributed by atoms with Crippen molar-refractivity contribution in [1.29, 1.82) is 0 Å². The van der Waals surface area contributed by atoms with Gasteiger partial charge in [-0.1, -0.05) is 18.2 Å². The summed E-state index contributed by atoms with van der Waals surface area (Å²) in [5.41, 5.74) is 0.0189. The Bertz CT molecular complexity index is 454. The van der Waals surface area contributed by atoms with Gasteiger partial charge in [0, 0.05) is 0 Å². The van der Waals surface area contributed by atoms with Crippen LogP contribution in [0.3, 0.4) is 0 Å². The molecule has 0 spiro atoms. The SMILES string of the molecule is CC(C)OC(O[Si]CCc1cccc(C(F)(F)F)c1)OC(C)C. The second kappa shape index (κ2) is 9.41. The smallest absolute Gasteiger partial charge is 0.372 e. The molecule has 0 unspecified atom stereocenters. The second-order valence-corrected chi connectivity index (χ2v) is 6.64. The molecular formula is C16H23F3O3Si. The molecule has 3 nitrogen and oxygen atoms in total. The fourth-order valence-corrected chi connectivity index (χ4v) is 2.51. The Labute approximate surface area is 138 Å². The molecule has 0 fully saturated rings. The predicted octanol–water partition coefficient (Wildman–Crippen LogP) is 4.44. The maximum Gasteiger partial charge on any atom is 0.416 e. The fourth-order valence-electron chi connectivity index (χ4n) is 1.76. The van der Waals surface area contributed by atoms with Crippen LogP contribution in [-0.2, 0) is 26.5 Å². The lowest BCUT2D eigenvalue weighted by molar-refractivity contribution is -0.275. The Morgan fingerprint density at radius 2 is 1.65 bits per heavy atom. The highest BCUT2D eigenvalue weighted by molar-refractivity contribution is 6.27. The highest BCUT2D eigenvalue weighted by Crippen LogP contribution is 2.29. The minimum atomic E-state index is -4.31. The van der Waals surface area contributed by atoms with Crippen LogP contribution in [0.5, 0.6) is 0 Å². The van der Waals surface area contributed by atoms with Gasteiger partial charge in [0.2, 0.25) is 9.76 Å². The van der Waals surface area contributed by atoms with E-state index in [1.54, 1.807) is 6.07 Å². The maximum atomic E-state index is 12.6.